The highest BCUT2D eigenvalue weighted by molar-refractivity contribution is 5.92. The van der Waals surface area contributed by atoms with Crippen molar-refractivity contribution in [1.82, 2.24) is 15.2 Å². The van der Waals surface area contributed by atoms with E-state index < -0.39 is 5.60 Å². The van der Waals surface area contributed by atoms with Gasteiger partial charge in [-0.1, -0.05) is 0 Å². The van der Waals surface area contributed by atoms with Crippen LogP contribution >= 0.6 is 0 Å². The summed E-state index contributed by atoms with van der Waals surface area (Å²) in [5, 5.41) is 2.57. The average molecular weight is 346 g/mol. The van der Waals surface area contributed by atoms with E-state index in [4.69, 9.17) is 4.74 Å². The second-order valence-corrected chi connectivity index (χ2v) is 7.79. The Morgan fingerprint density at radius 3 is 2.28 bits per heavy atom. The second-order valence-electron chi connectivity index (χ2n) is 7.79. The van der Waals surface area contributed by atoms with Crippen LogP contribution in [0.1, 0.15) is 31.3 Å². The van der Waals surface area contributed by atoms with Crippen LogP contribution < -0.4 is 10.2 Å². The predicted octanol–water partition coefficient (Wildman–Crippen LogP) is 1.74. The Morgan fingerprint density at radius 1 is 1.16 bits per heavy atom. The molecule has 0 radical (unpaired) electrons. The number of carbonyl (C=O) groups is 2. The fraction of sp³-hybridized carbons (Fsp3) is 0.611. The minimum Gasteiger partial charge on any atom is -0.444 e. The van der Waals surface area contributed by atoms with E-state index >= 15 is 0 Å². The van der Waals surface area contributed by atoms with Gasteiger partial charge in [0, 0.05) is 45.1 Å². The van der Waals surface area contributed by atoms with Gasteiger partial charge in [-0.05, 0) is 32.9 Å². The van der Waals surface area contributed by atoms with E-state index in [0.717, 1.165) is 31.9 Å². The number of hydrogen-bond donors (Lipinski definition) is 1. The summed E-state index contributed by atoms with van der Waals surface area (Å²) in [6, 6.07) is 3.68. The number of pyridine rings is 1. The van der Waals surface area contributed by atoms with Crippen LogP contribution in [-0.4, -0.2) is 60.7 Å². The SMILES string of the molecule is CNC(=O)c1ccc(N2CC3CN(C(=O)OC(C)(C)C)CC3C2)cn1. The second kappa shape index (κ2) is 6.54. The molecule has 2 aliphatic heterocycles. The summed E-state index contributed by atoms with van der Waals surface area (Å²) >= 11 is 0. The van der Waals surface area contributed by atoms with Gasteiger partial charge >= 0.3 is 6.09 Å². The van der Waals surface area contributed by atoms with Gasteiger partial charge in [-0.15, -0.1) is 0 Å². The number of fused-ring (bicyclic) bond motifs is 1. The van der Waals surface area contributed by atoms with Crippen LogP contribution in [0.15, 0.2) is 18.3 Å². The van der Waals surface area contributed by atoms with Gasteiger partial charge < -0.3 is 19.9 Å². The fourth-order valence-corrected chi connectivity index (χ4v) is 3.52. The summed E-state index contributed by atoms with van der Waals surface area (Å²) in [6.45, 7) is 8.92. The smallest absolute Gasteiger partial charge is 0.410 e. The zero-order chi connectivity index (χ0) is 18.2. The molecule has 0 saturated carbocycles. The van der Waals surface area contributed by atoms with E-state index in [9.17, 15) is 9.59 Å². The monoisotopic (exact) mass is 346 g/mol. The summed E-state index contributed by atoms with van der Waals surface area (Å²) in [5.74, 6) is 0.718. The van der Waals surface area contributed by atoms with Crippen LogP contribution in [0.4, 0.5) is 10.5 Å². The van der Waals surface area contributed by atoms with Crippen molar-refractivity contribution in [2.75, 3.05) is 38.1 Å². The molecule has 7 heteroatoms. The molecule has 3 heterocycles. The van der Waals surface area contributed by atoms with Crippen molar-refractivity contribution in [3.63, 3.8) is 0 Å². The zero-order valence-corrected chi connectivity index (χ0v) is 15.3. The number of hydrogen-bond acceptors (Lipinski definition) is 5. The van der Waals surface area contributed by atoms with Crippen LogP contribution in [0, 0.1) is 11.8 Å². The van der Waals surface area contributed by atoms with Gasteiger partial charge in [0.1, 0.15) is 11.3 Å². The highest BCUT2D eigenvalue weighted by atomic mass is 16.6. The molecule has 1 N–H and O–H groups in total. The van der Waals surface area contributed by atoms with E-state index in [1.807, 2.05) is 31.7 Å². The Morgan fingerprint density at radius 2 is 1.80 bits per heavy atom. The van der Waals surface area contributed by atoms with Crippen molar-refractivity contribution in [3.8, 4) is 0 Å². The number of ether oxygens (including phenoxy) is 1. The number of rotatable bonds is 2. The van der Waals surface area contributed by atoms with E-state index in [1.165, 1.54) is 0 Å². The molecule has 3 rings (SSSR count). The number of nitrogens with zero attached hydrogens (tertiary/aromatic N) is 3. The Balaban J connectivity index is 1.58. The first kappa shape index (κ1) is 17.5. The maximum absolute atomic E-state index is 12.2. The number of carbonyl (C=O) groups excluding carboxylic acids is 2. The van der Waals surface area contributed by atoms with Crippen molar-refractivity contribution < 1.29 is 14.3 Å². The van der Waals surface area contributed by atoms with Crippen molar-refractivity contribution in [2.45, 2.75) is 26.4 Å². The number of anilines is 1. The Labute approximate surface area is 148 Å². The van der Waals surface area contributed by atoms with E-state index in [0.29, 0.717) is 17.5 Å². The van der Waals surface area contributed by atoms with Gasteiger partial charge in [0.25, 0.3) is 5.91 Å². The lowest BCUT2D eigenvalue weighted by Gasteiger charge is -2.26. The molecule has 25 heavy (non-hydrogen) atoms. The van der Waals surface area contributed by atoms with Crippen molar-refractivity contribution in [1.29, 1.82) is 0 Å². The number of likely N-dealkylation sites (tertiary alicyclic amines) is 1. The van der Waals surface area contributed by atoms with E-state index in [-0.39, 0.29) is 12.0 Å². The first-order chi connectivity index (χ1) is 11.8. The summed E-state index contributed by atoms with van der Waals surface area (Å²) in [7, 11) is 1.59. The molecule has 136 valence electrons. The largest absolute Gasteiger partial charge is 0.444 e. The van der Waals surface area contributed by atoms with Gasteiger partial charge in [0.2, 0.25) is 0 Å². The highest BCUT2D eigenvalue weighted by Gasteiger charge is 2.42. The van der Waals surface area contributed by atoms with Crippen LogP contribution in [0.25, 0.3) is 0 Å². The van der Waals surface area contributed by atoms with Crippen molar-refractivity contribution in [2.24, 2.45) is 11.8 Å². The normalized spacial score (nSPS) is 22.7. The van der Waals surface area contributed by atoms with Crippen molar-refractivity contribution in [3.05, 3.63) is 24.0 Å². The van der Waals surface area contributed by atoms with Gasteiger partial charge in [-0.2, -0.15) is 0 Å². The molecule has 0 aliphatic carbocycles. The summed E-state index contributed by atoms with van der Waals surface area (Å²) in [4.78, 5) is 32.1. The molecule has 0 spiro atoms. The lowest BCUT2D eigenvalue weighted by molar-refractivity contribution is 0.0282. The van der Waals surface area contributed by atoms with Gasteiger partial charge in [0.15, 0.2) is 0 Å². The summed E-state index contributed by atoms with van der Waals surface area (Å²) < 4.78 is 5.47. The van der Waals surface area contributed by atoms with Crippen LogP contribution in [-0.2, 0) is 4.74 Å². The standard InChI is InChI=1S/C18H26N4O3/c1-18(2,3)25-17(24)22-10-12-8-21(9-13(12)11-22)14-5-6-15(20-7-14)16(23)19-4/h5-7,12-13H,8-11H2,1-4H3,(H,19,23). The summed E-state index contributed by atoms with van der Waals surface area (Å²) in [5.41, 5.74) is 0.978. The lowest BCUT2D eigenvalue weighted by atomic mass is 10.0. The van der Waals surface area contributed by atoms with Gasteiger partial charge in [0.05, 0.1) is 11.9 Å². The number of aromatic nitrogens is 1. The zero-order valence-electron chi connectivity index (χ0n) is 15.3. The third kappa shape index (κ3) is 3.86. The molecule has 0 aromatic carbocycles. The molecule has 2 saturated heterocycles. The maximum atomic E-state index is 12.2. The molecule has 2 aliphatic rings. The molecule has 2 fully saturated rings. The lowest BCUT2D eigenvalue weighted by Crippen LogP contribution is -2.37. The quantitative estimate of drug-likeness (QED) is 0.883. The molecule has 1 aromatic heterocycles. The fourth-order valence-electron chi connectivity index (χ4n) is 3.52. The number of amides is 2. The summed E-state index contributed by atoms with van der Waals surface area (Å²) in [6.07, 6.45) is 1.53. The molecular weight excluding hydrogens is 320 g/mol. The van der Waals surface area contributed by atoms with E-state index in [2.05, 4.69) is 15.2 Å². The number of nitrogens with one attached hydrogen (secondary N) is 1. The van der Waals surface area contributed by atoms with Gasteiger partial charge in [-0.25, -0.2) is 9.78 Å². The third-order valence-electron chi connectivity index (χ3n) is 4.71. The molecule has 7 nitrogen and oxygen atoms in total. The molecule has 2 atom stereocenters. The third-order valence-corrected chi connectivity index (χ3v) is 4.71. The Kier molecular flexibility index (Phi) is 4.58. The van der Waals surface area contributed by atoms with Crippen LogP contribution in [0.2, 0.25) is 0 Å². The Hall–Kier alpha value is -2.31. The average Bonchev–Trinajstić information content (AvgIpc) is 3.11. The molecular formula is C18H26N4O3. The minimum atomic E-state index is -0.459. The van der Waals surface area contributed by atoms with Crippen LogP contribution in [0.5, 0.6) is 0 Å². The van der Waals surface area contributed by atoms with Crippen molar-refractivity contribution >= 4 is 17.7 Å². The minimum absolute atomic E-state index is 0.183. The first-order valence-corrected chi connectivity index (χ1v) is 8.68. The molecule has 2 amide bonds. The van der Waals surface area contributed by atoms with Gasteiger partial charge in [-0.3, -0.25) is 4.79 Å². The Bertz CT molecular complexity index is 639. The van der Waals surface area contributed by atoms with E-state index in [1.54, 1.807) is 19.3 Å². The first-order valence-electron chi connectivity index (χ1n) is 8.68. The topological polar surface area (TPSA) is 74.8 Å². The molecule has 0 bridgehead atoms. The van der Waals surface area contributed by atoms with Crippen LogP contribution in [0.3, 0.4) is 0 Å². The molecule has 2 unspecified atom stereocenters. The maximum Gasteiger partial charge on any atom is 0.410 e. The predicted molar refractivity (Wildman–Crippen MR) is 94.6 cm³/mol. The molecule has 1 aromatic rings. The highest BCUT2D eigenvalue weighted by Crippen LogP contribution is 2.34.